The molecule has 2 aromatic heterocycles. The largest absolute Gasteiger partial charge is 0.264 e. The molecule has 4 aromatic carbocycles. The average Bonchev–Trinajstić information content (AvgIpc) is 3.36. The normalized spacial score (nSPS) is 14.5. The zero-order chi connectivity index (χ0) is 29.5. The first-order chi connectivity index (χ1) is 21.7. The van der Waals surface area contributed by atoms with Crippen LogP contribution in [0.1, 0.15) is 48.8 Å². The number of rotatable bonds is 4. The number of hydrogen-bond donors (Lipinski definition) is 0. The molecule has 0 atom stereocenters. The smallest absolute Gasteiger partial charge is 0.164 e. The molecule has 5 nitrogen and oxygen atoms in total. The molecule has 2 heterocycles. The van der Waals surface area contributed by atoms with Crippen LogP contribution in [0.4, 0.5) is 0 Å². The number of pyridine rings is 1. The van der Waals surface area contributed by atoms with Gasteiger partial charge >= 0.3 is 0 Å². The van der Waals surface area contributed by atoms with Gasteiger partial charge in [0.2, 0.25) is 0 Å². The second-order valence-corrected chi connectivity index (χ2v) is 11.8. The lowest BCUT2D eigenvalue weighted by Gasteiger charge is -2.36. The van der Waals surface area contributed by atoms with Crippen LogP contribution in [0.25, 0.3) is 56.4 Å². The third kappa shape index (κ3) is 4.39. The van der Waals surface area contributed by atoms with E-state index in [0.29, 0.717) is 17.5 Å². The fraction of sp³-hybridized carbons (Fsp3) is 0.154. The molecule has 0 aliphatic heterocycles. The maximum absolute atomic E-state index is 9.70. The molecular weight excluding hydrogens is 538 g/mol. The van der Waals surface area contributed by atoms with Crippen LogP contribution < -0.4 is 0 Å². The quantitative estimate of drug-likeness (QED) is 0.212. The first-order valence-corrected chi connectivity index (χ1v) is 15.2. The van der Waals surface area contributed by atoms with Crippen molar-refractivity contribution in [2.45, 2.75) is 37.5 Å². The topological polar surface area (TPSA) is 75.3 Å². The highest BCUT2D eigenvalue weighted by Crippen LogP contribution is 2.56. The van der Waals surface area contributed by atoms with Gasteiger partial charge in [0, 0.05) is 34.5 Å². The molecule has 1 saturated carbocycles. The molecule has 210 valence electrons. The summed E-state index contributed by atoms with van der Waals surface area (Å²) in [6, 6.07) is 37.7. The van der Waals surface area contributed by atoms with Crippen LogP contribution in [-0.2, 0) is 5.41 Å². The molecule has 0 N–H and O–H groups in total. The monoisotopic (exact) mass is 567 g/mol. The first kappa shape index (κ1) is 26.2. The van der Waals surface area contributed by atoms with Crippen molar-refractivity contribution in [1.82, 2.24) is 19.9 Å². The highest BCUT2D eigenvalue weighted by Gasteiger charge is 2.44. The Morgan fingerprint density at radius 2 is 1.14 bits per heavy atom. The summed E-state index contributed by atoms with van der Waals surface area (Å²) in [6.07, 6.45) is 9.45. The first-order valence-electron chi connectivity index (χ1n) is 15.2. The van der Waals surface area contributed by atoms with Crippen molar-refractivity contribution >= 4 is 0 Å². The van der Waals surface area contributed by atoms with Crippen LogP contribution in [0.3, 0.4) is 0 Å². The standard InChI is InChI=1S/C39H29N5/c40-24-26-11-17-32-33-18-16-30(23-35(33)39(34(32)22-26)19-5-2-6-20-39)38-43-36(28-8-3-1-4-9-28)42-37(44-38)29-14-12-27(13-15-29)31-10-7-21-41-25-31/h1,3-4,7-18,21-23,25H,2,5-6,19-20H2. The van der Waals surface area contributed by atoms with Crippen LogP contribution in [0.15, 0.2) is 116 Å². The van der Waals surface area contributed by atoms with Crippen molar-refractivity contribution in [2.75, 3.05) is 0 Å². The van der Waals surface area contributed by atoms with E-state index in [2.05, 4.69) is 71.7 Å². The summed E-state index contributed by atoms with van der Waals surface area (Å²) < 4.78 is 0. The van der Waals surface area contributed by atoms with Crippen molar-refractivity contribution in [3.8, 4) is 62.5 Å². The van der Waals surface area contributed by atoms with Gasteiger partial charge < -0.3 is 0 Å². The van der Waals surface area contributed by atoms with Crippen LogP contribution in [0.5, 0.6) is 0 Å². The Morgan fingerprint density at radius 3 is 1.82 bits per heavy atom. The summed E-state index contributed by atoms with van der Waals surface area (Å²) in [4.78, 5) is 19.3. The summed E-state index contributed by atoms with van der Waals surface area (Å²) >= 11 is 0. The number of nitriles is 1. The molecule has 6 aromatic rings. The Hall–Kier alpha value is -5.47. The molecule has 2 aliphatic rings. The second-order valence-electron chi connectivity index (χ2n) is 11.8. The highest BCUT2D eigenvalue weighted by atomic mass is 15.0. The van der Waals surface area contributed by atoms with Gasteiger partial charge in [-0.3, -0.25) is 4.98 Å². The zero-order valence-corrected chi connectivity index (χ0v) is 24.2. The number of aromatic nitrogens is 4. The Labute approximate surface area is 257 Å². The zero-order valence-electron chi connectivity index (χ0n) is 24.2. The average molecular weight is 568 g/mol. The van der Waals surface area contributed by atoms with Crippen molar-refractivity contribution in [3.63, 3.8) is 0 Å². The maximum atomic E-state index is 9.70. The molecule has 44 heavy (non-hydrogen) atoms. The highest BCUT2D eigenvalue weighted by molar-refractivity contribution is 5.84. The third-order valence-corrected chi connectivity index (χ3v) is 9.26. The van der Waals surface area contributed by atoms with Gasteiger partial charge in [0.1, 0.15) is 0 Å². The van der Waals surface area contributed by atoms with Crippen LogP contribution in [0, 0.1) is 11.3 Å². The van der Waals surface area contributed by atoms with E-state index >= 15 is 0 Å². The number of benzene rings is 4. The van der Waals surface area contributed by atoms with E-state index in [4.69, 9.17) is 15.0 Å². The van der Waals surface area contributed by atoms with Crippen molar-refractivity contribution in [1.29, 1.82) is 5.26 Å². The molecule has 0 bridgehead atoms. The minimum atomic E-state index is -0.0773. The van der Waals surface area contributed by atoms with Crippen LogP contribution in [-0.4, -0.2) is 19.9 Å². The molecular formula is C39H29N5. The van der Waals surface area contributed by atoms with E-state index in [1.165, 1.54) is 41.5 Å². The van der Waals surface area contributed by atoms with E-state index in [1.807, 2.05) is 48.7 Å². The summed E-state index contributed by atoms with van der Waals surface area (Å²) in [5.41, 5.74) is 10.8. The van der Waals surface area contributed by atoms with Crippen molar-refractivity contribution in [2.24, 2.45) is 0 Å². The maximum Gasteiger partial charge on any atom is 0.164 e. The van der Waals surface area contributed by atoms with Gasteiger partial charge in [0.05, 0.1) is 11.6 Å². The number of nitrogens with zero attached hydrogens (tertiary/aromatic N) is 5. The Kier molecular flexibility index (Phi) is 6.34. The van der Waals surface area contributed by atoms with Gasteiger partial charge in [0.15, 0.2) is 17.5 Å². The molecule has 0 radical (unpaired) electrons. The van der Waals surface area contributed by atoms with Crippen molar-refractivity contribution in [3.05, 3.63) is 132 Å². The fourth-order valence-corrected chi connectivity index (χ4v) is 7.09. The van der Waals surface area contributed by atoms with Gasteiger partial charge in [-0.1, -0.05) is 98.1 Å². The SMILES string of the molecule is N#Cc1ccc2c(c1)C1(CCCCC1)c1cc(-c3nc(-c4ccccc4)nc(-c4ccc(-c5cccnc5)cc4)n3)ccc1-2. The molecule has 1 spiro atoms. The van der Waals surface area contributed by atoms with Gasteiger partial charge in [-0.2, -0.15) is 5.26 Å². The van der Waals surface area contributed by atoms with E-state index in [9.17, 15) is 5.26 Å². The van der Waals surface area contributed by atoms with Gasteiger partial charge in [-0.25, -0.2) is 15.0 Å². The number of fused-ring (bicyclic) bond motifs is 5. The Morgan fingerprint density at radius 1 is 0.545 bits per heavy atom. The second kappa shape index (κ2) is 10.7. The number of hydrogen-bond acceptors (Lipinski definition) is 5. The molecule has 5 heteroatoms. The summed E-state index contributed by atoms with van der Waals surface area (Å²) in [5, 5.41) is 9.70. The van der Waals surface area contributed by atoms with E-state index in [0.717, 1.165) is 46.2 Å². The fourth-order valence-electron chi connectivity index (χ4n) is 7.09. The molecule has 0 unspecified atom stereocenters. The lowest BCUT2D eigenvalue weighted by atomic mass is 9.67. The van der Waals surface area contributed by atoms with Crippen molar-refractivity contribution < 1.29 is 0 Å². The van der Waals surface area contributed by atoms with E-state index in [-0.39, 0.29) is 5.41 Å². The Bertz CT molecular complexity index is 2040. The van der Waals surface area contributed by atoms with Gasteiger partial charge in [-0.15, -0.1) is 0 Å². The summed E-state index contributed by atoms with van der Waals surface area (Å²) in [6.45, 7) is 0. The molecule has 2 aliphatic carbocycles. The molecule has 1 fully saturated rings. The predicted octanol–water partition coefficient (Wildman–Crippen LogP) is 9.04. The van der Waals surface area contributed by atoms with Gasteiger partial charge in [0.25, 0.3) is 0 Å². The molecule has 0 saturated heterocycles. The third-order valence-electron chi connectivity index (χ3n) is 9.26. The lowest BCUT2D eigenvalue weighted by Crippen LogP contribution is -2.28. The lowest BCUT2D eigenvalue weighted by molar-refractivity contribution is 0.353. The minimum Gasteiger partial charge on any atom is -0.264 e. The molecule has 8 rings (SSSR count). The minimum absolute atomic E-state index is 0.0773. The van der Waals surface area contributed by atoms with Gasteiger partial charge in [-0.05, 0) is 70.5 Å². The van der Waals surface area contributed by atoms with E-state index in [1.54, 1.807) is 6.20 Å². The Balaban J connectivity index is 1.26. The van der Waals surface area contributed by atoms with Crippen LogP contribution >= 0.6 is 0 Å². The molecule has 0 amide bonds. The summed E-state index contributed by atoms with van der Waals surface area (Å²) in [5.74, 6) is 1.95. The summed E-state index contributed by atoms with van der Waals surface area (Å²) in [7, 11) is 0. The predicted molar refractivity (Wildman–Crippen MR) is 173 cm³/mol. The van der Waals surface area contributed by atoms with E-state index < -0.39 is 0 Å². The van der Waals surface area contributed by atoms with Crippen LogP contribution in [0.2, 0.25) is 0 Å².